The lowest BCUT2D eigenvalue weighted by Gasteiger charge is -2.33. The summed E-state index contributed by atoms with van der Waals surface area (Å²) in [4.78, 5) is 15.0. The number of carbonyl (C=O) groups excluding carboxylic acids is 1. The fraction of sp³-hybridized carbons (Fsp3) is 0.889. The van der Waals surface area contributed by atoms with Crippen molar-refractivity contribution in [2.75, 3.05) is 51.5 Å². The Hall–Kier alpha value is -0.180. The molecule has 0 radical (unpaired) electrons. The van der Waals surface area contributed by atoms with Crippen LogP contribution in [0.5, 0.6) is 0 Å². The monoisotopic (exact) mass is 327 g/mol. The summed E-state index contributed by atoms with van der Waals surface area (Å²) in [7, 11) is 0.271. The number of hydrogen-bond donors (Lipinski definition) is 0. The highest BCUT2D eigenvalue weighted by Crippen LogP contribution is 2.09. The number of rotatable bonds is 4. The van der Waals surface area contributed by atoms with Gasteiger partial charge in [0.2, 0.25) is 15.9 Å². The number of carbonyl (C=O) groups is 1. The normalized spacial score (nSPS) is 19.2. The van der Waals surface area contributed by atoms with Crippen molar-refractivity contribution in [2.24, 2.45) is 0 Å². The van der Waals surface area contributed by atoms with Gasteiger partial charge in [-0.2, -0.15) is 4.31 Å². The molecule has 0 aromatic rings. The molecular weight excluding hydrogens is 310 g/mol. The van der Waals surface area contributed by atoms with Crippen LogP contribution in [0.3, 0.4) is 0 Å². The van der Waals surface area contributed by atoms with Gasteiger partial charge in [-0.1, -0.05) is 15.9 Å². The predicted octanol–water partition coefficient (Wildman–Crippen LogP) is -0.626. The number of halogens is 1. The number of piperazine rings is 1. The quantitative estimate of drug-likeness (QED) is 0.645. The van der Waals surface area contributed by atoms with Crippen molar-refractivity contribution >= 4 is 31.9 Å². The Balaban J connectivity index is 2.44. The van der Waals surface area contributed by atoms with Gasteiger partial charge in [0.15, 0.2) is 0 Å². The fourth-order valence-corrected chi connectivity index (χ4v) is 3.29. The third kappa shape index (κ3) is 4.20. The first kappa shape index (κ1) is 14.9. The molecular formula is C9H18BrN3O3S. The molecule has 1 fully saturated rings. The van der Waals surface area contributed by atoms with E-state index in [4.69, 9.17) is 0 Å². The number of amides is 1. The molecule has 1 heterocycles. The van der Waals surface area contributed by atoms with Gasteiger partial charge >= 0.3 is 0 Å². The minimum absolute atomic E-state index is 0.0433. The van der Waals surface area contributed by atoms with Crippen molar-refractivity contribution in [1.29, 1.82) is 0 Å². The van der Waals surface area contributed by atoms with Crippen LogP contribution < -0.4 is 0 Å². The molecule has 1 aliphatic heterocycles. The molecule has 0 saturated carbocycles. The fourth-order valence-electron chi connectivity index (χ4n) is 1.57. The second kappa shape index (κ2) is 6.12. The number of nitrogens with zero attached hydrogens (tertiary/aromatic N) is 3. The van der Waals surface area contributed by atoms with Crippen molar-refractivity contribution in [3.8, 4) is 0 Å². The molecule has 100 valence electrons. The molecule has 8 heteroatoms. The van der Waals surface area contributed by atoms with Gasteiger partial charge in [0.1, 0.15) is 4.66 Å². The van der Waals surface area contributed by atoms with Crippen LogP contribution in [-0.2, 0) is 14.8 Å². The van der Waals surface area contributed by atoms with Gasteiger partial charge < -0.3 is 4.90 Å². The van der Waals surface area contributed by atoms with E-state index in [1.807, 2.05) is 4.90 Å². The minimum atomic E-state index is -3.16. The van der Waals surface area contributed by atoms with Gasteiger partial charge in [0, 0.05) is 40.3 Å². The van der Waals surface area contributed by atoms with Crippen molar-refractivity contribution in [2.45, 2.75) is 0 Å². The van der Waals surface area contributed by atoms with Gasteiger partial charge in [-0.25, -0.2) is 8.42 Å². The van der Waals surface area contributed by atoms with E-state index in [0.717, 1.165) is 0 Å². The highest BCUT2D eigenvalue weighted by atomic mass is 79.9. The number of sulfonamides is 1. The van der Waals surface area contributed by atoms with Crippen LogP contribution in [-0.4, -0.2) is 79.9 Å². The van der Waals surface area contributed by atoms with E-state index in [2.05, 4.69) is 15.9 Å². The number of alkyl halides is 1. The van der Waals surface area contributed by atoms with E-state index in [1.54, 1.807) is 19.0 Å². The SMILES string of the molecule is CN(C)C(=O)CN1CCN(S(=O)(=O)CBr)CC1. The Morgan fingerprint density at radius 3 is 2.18 bits per heavy atom. The summed E-state index contributed by atoms with van der Waals surface area (Å²) in [5, 5.41) is 0. The first-order valence-electron chi connectivity index (χ1n) is 5.33. The van der Waals surface area contributed by atoms with E-state index in [0.29, 0.717) is 32.7 Å². The van der Waals surface area contributed by atoms with Crippen molar-refractivity contribution in [1.82, 2.24) is 14.1 Å². The van der Waals surface area contributed by atoms with Crippen LogP contribution in [0.15, 0.2) is 0 Å². The molecule has 17 heavy (non-hydrogen) atoms. The van der Waals surface area contributed by atoms with Crippen molar-refractivity contribution < 1.29 is 13.2 Å². The molecule has 1 aliphatic rings. The summed E-state index contributed by atoms with van der Waals surface area (Å²) in [5.41, 5.74) is 0. The molecule has 1 saturated heterocycles. The lowest BCUT2D eigenvalue weighted by atomic mass is 10.3. The van der Waals surface area contributed by atoms with Crippen LogP contribution in [0, 0.1) is 0 Å². The topological polar surface area (TPSA) is 60.9 Å². The Bertz CT molecular complexity index is 364. The maximum atomic E-state index is 11.6. The molecule has 0 aliphatic carbocycles. The largest absolute Gasteiger partial charge is 0.348 e. The van der Waals surface area contributed by atoms with Gasteiger partial charge in [0.25, 0.3) is 0 Å². The van der Waals surface area contributed by atoms with Crippen LogP contribution in [0.25, 0.3) is 0 Å². The van der Waals surface area contributed by atoms with Gasteiger partial charge in [-0.3, -0.25) is 9.69 Å². The third-order valence-corrected chi connectivity index (χ3v) is 5.88. The molecule has 0 spiro atoms. The van der Waals surface area contributed by atoms with Crippen molar-refractivity contribution in [3.63, 3.8) is 0 Å². The Morgan fingerprint density at radius 1 is 1.24 bits per heavy atom. The molecule has 1 rings (SSSR count). The van der Waals surface area contributed by atoms with Crippen LogP contribution in [0.2, 0.25) is 0 Å². The maximum absolute atomic E-state index is 11.6. The minimum Gasteiger partial charge on any atom is -0.348 e. The standard InChI is InChI=1S/C9H18BrN3O3S/c1-11(2)9(14)7-12-3-5-13(6-4-12)17(15,16)8-10/h3-8H2,1-2H3. The molecule has 0 aromatic carbocycles. The lowest BCUT2D eigenvalue weighted by molar-refractivity contribution is -0.130. The van der Waals surface area contributed by atoms with E-state index in [-0.39, 0.29) is 10.6 Å². The van der Waals surface area contributed by atoms with Crippen molar-refractivity contribution in [3.05, 3.63) is 0 Å². The molecule has 6 nitrogen and oxygen atoms in total. The van der Waals surface area contributed by atoms with Gasteiger partial charge in [-0.15, -0.1) is 0 Å². The molecule has 0 bridgehead atoms. The first-order valence-corrected chi connectivity index (χ1v) is 8.06. The second-order valence-corrected chi connectivity index (χ2v) is 7.46. The zero-order valence-corrected chi connectivity index (χ0v) is 12.5. The Morgan fingerprint density at radius 2 is 1.76 bits per heavy atom. The number of hydrogen-bond acceptors (Lipinski definition) is 4. The second-order valence-electron chi connectivity index (χ2n) is 4.18. The molecule has 0 aromatic heterocycles. The smallest absolute Gasteiger partial charge is 0.236 e. The van der Waals surface area contributed by atoms with Crippen LogP contribution in [0.4, 0.5) is 0 Å². The highest BCUT2D eigenvalue weighted by molar-refractivity contribution is 9.10. The predicted molar refractivity (Wildman–Crippen MR) is 69.4 cm³/mol. The van der Waals surface area contributed by atoms with Crippen LogP contribution >= 0.6 is 15.9 Å². The summed E-state index contributed by atoms with van der Waals surface area (Å²) in [6.07, 6.45) is 0. The molecule has 0 unspecified atom stereocenters. The average molecular weight is 328 g/mol. The molecule has 0 atom stereocenters. The summed E-state index contributed by atoms with van der Waals surface area (Å²) in [5.74, 6) is 0.0433. The van der Waals surface area contributed by atoms with Gasteiger partial charge in [0.05, 0.1) is 6.54 Å². The maximum Gasteiger partial charge on any atom is 0.236 e. The first-order chi connectivity index (χ1) is 7.86. The van der Waals surface area contributed by atoms with E-state index in [9.17, 15) is 13.2 Å². The summed E-state index contributed by atoms with van der Waals surface area (Å²) in [6.45, 7) is 2.47. The average Bonchev–Trinajstić information content (AvgIpc) is 2.29. The summed E-state index contributed by atoms with van der Waals surface area (Å²) >= 11 is 2.98. The lowest BCUT2D eigenvalue weighted by Crippen LogP contribution is -2.51. The molecule has 1 amide bonds. The van der Waals surface area contributed by atoms with Gasteiger partial charge in [-0.05, 0) is 0 Å². The van der Waals surface area contributed by atoms with Crippen LogP contribution in [0.1, 0.15) is 0 Å². The summed E-state index contributed by atoms with van der Waals surface area (Å²) in [6, 6.07) is 0. The number of likely N-dealkylation sites (N-methyl/N-ethyl adjacent to an activating group) is 1. The highest BCUT2D eigenvalue weighted by Gasteiger charge is 2.26. The Kier molecular flexibility index (Phi) is 5.36. The zero-order valence-electron chi connectivity index (χ0n) is 10.1. The molecule has 0 N–H and O–H groups in total. The Labute approximate surface area is 111 Å². The van der Waals surface area contributed by atoms with E-state index < -0.39 is 10.0 Å². The van der Waals surface area contributed by atoms with E-state index in [1.165, 1.54) is 4.31 Å². The van der Waals surface area contributed by atoms with E-state index >= 15 is 0 Å². The summed E-state index contributed by atoms with van der Waals surface area (Å²) < 4.78 is 24.6. The third-order valence-electron chi connectivity index (χ3n) is 2.72. The zero-order chi connectivity index (χ0) is 13.1.